The molecule has 5 heteroatoms. The van der Waals surface area contributed by atoms with E-state index in [4.69, 9.17) is 0 Å². The van der Waals surface area contributed by atoms with Crippen LogP contribution in [0, 0.1) is 19.7 Å². The maximum atomic E-state index is 12.9. The lowest BCUT2D eigenvalue weighted by molar-refractivity contribution is 0.102. The van der Waals surface area contributed by atoms with Gasteiger partial charge in [-0.3, -0.25) is 9.78 Å². The molecule has 0 radical (unpaired) electrons. The van der Waals surface area contributed by atoms with Gasteiger partial charge >= 0.3 is 0 Å². The number of carbonyl (C=O) groups excluding carboxylic acids is 1. The molecule has 4 nitrogen and oxygen atoms in total. The second-order valence-corrected chi connectivity index (χ2v) is 6.54. The van der Waals surface area contributed by atoms with Crippen molar-refractivity contribution in [3.05, 3.63) is 89.0 Å². The molecule has 27 heavy (non-hydrogen) atoms. The fourth-order valence-electron chi connectivity index (χ4n) is 2.81. The molecule has 0 saturated carbocycles. The summed E-state index contributed by atoms with van der Waals surface area (Å²) in [4.78, 5) is 16.7. The van der Waals surface area contributed by atoms with Crippen LogP contribution in [-0.2, 0) is 6.42 Å². The first kappa shape index (κ1) is 18.6. The maximum Gasteiger partial charge on any atom is 0.257 e. The molecule has 0 aliphatic heterocycles. The molecule has 1 aromatic heterocycles. The minimum atomic E-state index is -0.238. The fourth-order valence-corrected chi connectivity index (χ4v) is 2.81. The molecule has 0 atom stereocenters. The van der Waals surface area contributed by atoms with Gasteiger partial charge in [-0.15, -0.1) is 0 Å². The van der Waals surface area contributed by atoms with Crippen molar-refractivity contribution in [1.29, 1.82) is 0 Å². The number of aryl methyl sites for hydroxylation is 2. The van der Waals surface area contributed by atoms with Gasteiger partial charge in [-0.2, -0.15) is 0 Å². The summed E-state index contributed by atoms with van der Waals surface area (Å²) in [5.41, 5.74) is 5.26. The van der Waals surface area contributed by atoms with E-state index in [9.17, 15) is 9.18 Å². The highest BCUT2D eigenvalue weighted by Gasteiger charge is 2.09. The molecule has 0 saturated heterocycles. The second kappa shape index (κ2) is 8.45. The molecule has 0 unspecified atom stereocenters. The van der Waals surface area contributed by atoms with E-state index in [2.05, 4.69) is 15.6 Å². The Balaban J connectivity index is 1.60. The number of aromatic nitrogens is 1. The van der Waals surface area contributed by atoms with Gasteiger partial charge in [0.2, 0.25) is 0 Å². The molecule has 1 amide bonds. The van der Waals surface area contributed by atoms with E-state index in [0.717, 1.165) is 34.5 Å². The zero-order valence-electron chi connectivity index (χ0n) is 15.4. The van der Waals surface area contributed by atoms with E-state index >= 15 is 0 Å². The van der Waals surface area contributed by atoms with Gasteiger partial charge in [0.1, 0.15) is 5.82 Å². The molecule has 2 aromatic carbocycles. The average Bonchev–Trinajstić information content (AvgIpc) is 2.66. The fraction of sp³-hybridized carbons (Fsp3) is 0.182. The lowest BCUT2D eigenvalue weighted by atomic mass is 10.1. The van der Waals surface area contributed by atoms with E-state index in [1.54, 1.807) is 30.6 Å². The number of hydrogen-bond acceptors (Lipinski definition) is 3. The number of pyridine rings is 1. The molecule has 3 rings (SSSR count). The Kier molecular flexibility index (Phi) is 5.81. The zero-order valence-corrected chi connectivity index (χ0v) is 15.4. The number of anilines is 2. The summed E-state index contributed by atoms with van der Waals surface area (Å²) >= 11 is 0. The summed E-state index contributed by atoms with van der Waals surface area (Å²) < 4.78 is 12.9. The quantitative estimate of drug-likeness (QED) is 0.665. The standard InChI is InChI=1S/C22H22FN3O/c1-15-3-8-21(16(2)11-15)26-22(27)18-12-20(14-24-13-18)25-10-9-17-4-6-19(23)7-5-17/h3-8,11-14,25H,9-10H2,1-2H3,(H,26,27). The molecule has 0 aliphatic carbocycles. The molecule has 0 aliphatic rings. The molecular formula is C22H22FN3O. The third-order valence-corrected chi connectivity index (χ3v) is 4.29. The van der Waals surface area contributed by atoms with Crippen LogP contribution in [0.5, 0.6) is 0 Å². The van der Waals surface area contributed by atoms with Crippen LogP contribution in [0.15, 0.2) is 60.9 Å². The number of carbonyl (C=O) groups is 1. The minimum Gasteiger partial charge on any atom is -0.383 e. The second-order valence-electron chi connectivity index (χ2n) is 6.54. The Morgan fingerprint density at radius 1 is 1.04 bits per heavy atom. The van der Waals surface area contributed by atoms with E-state index in [-0.39, 0.29) is 11.7 Å². The van der Waals surface area contributed by atoms with E-state index in [0.29, 0.717) is 12.1 Å². The molecule has 0 spiro atoms. The van der Waals surface area contributed by atoms with Crippen LogP contribution in [-0.4, -0.2) is 17.4 Å². The number of amides is 1. The Morgan fingerprint density at radius 2 is 1.81 bits per heavy atom. The highest BCUT2D eigenvalue weighted by Crippen LogP contribution is 2.18. The topological polar surface area (TPSA) is 54.0 Å². The van der Waals surface area contributed by atoms with Gasteiger partial charge in [-0.05, 0) is 55.7 Å². The summed E-state index contributed by atoms with van der Waals surface area (Å²) in [6.07, 6.45) is 3.97. The Morgan fingerprint density at radius 3 is 2.56 bits per heavy atom. The van der Waals surface area contributed by atoms with Crippen molar-refractivity contribution in [2.75, 3.05) is 17.2 Å². The zero-order chi connectivity index (χ0) is 19.2. The first-order valence-corrected chi connectivity index (χ1v) is 8.83. The van der Waals surface area contributed by atoms with E-state index in [1.165, 1.54) is 12.1 Å². The SMILES string of the molecule is Cc1ccc(NC(=O)c2cncc(NCCc3ccc(F)cc3)c2)c(C)c1. The van der Waals surface area contributed by atoms with Gasteiger partial charge in [-0.25, -0.2) is 4.39 Å². The van der Waals surface area contributed by atoms with Crippen molar-refractivity contribution < 1.29 is 9.18 Å². The summed E-state index contributed by atoms with van der Waals surface area (Å²) in [7, 11) is 0. The van der Waals surface area contributed by atoms with Crippen molar-refractivity contribution >= 4 is 17.3 Å². The minimum absolute atomic E-state index is 0.198. The number of nitrogens with zero attached hydrogens (tertiary/aromatic N) is 1. The van der Waals surface area contributed by atoms with Crippen LogP contribution in [0.2, 0.25) is 0 Å². The first-order chi connectivity index (χ1) is 13.0. The highest BCUT2D eigenvalue weighted by molar-refractivity contribution is 6.04. The molecule has 3 aromatic rings. The summed E-state index contributed by atoms with van der Waals surface area (Å²) in [6, 6.07) is 14.1. The van der Waals surface area contributed by atoms with Gasteiger partial charge < -0.3 is 10.6 Å². The Labute approximate surface area is 158 Å². The van der Waals surface area contributed by atoms with Crippen molar-refractivity contribution in [3.8, 4) is 0 Å². The molecule has 0 bridgehead atoms. The maximum absolute atomic E-state index is 12.9. The molecular weight excluding hydrogens is 341 g/mol. The van der Waals surface area contributed by atoms with E-state index < -0.39 is 0 Å². The number of halogens is 1. The number of benzene rings is 2. The largest absolute Gasteiger partial charge is 0.383 e. The van der Waals surface area contributed by atoms with Gasteiger partial charge in [0, 0.05) is 24.6 Å². The van der Waals surface area contributed by atoms with Gasteiger partial charge in [-0.1, -0.05) is 29.8 Å². The highest BCUT2D eigenvalue weighted by atomic mass is 19.1. The average molecular weight is 363 g/mol. The molecule has 0 fully saturated rings. The summed E-state index contributed by atoms with van der Waals surface area (Å²) in [6.45, 7) is 4.65. The van der Waals surface area contributed by atoms with Crippen LogP contribution < -0.4 is 10.6 Å². The normalized spacial score (nSPS) is 10.5. The predicted octanol–water partition coefficient (Wildman–Crippen LogP) is 4.74. The van der Waals surface area contributed by atoms with Crippen LogP contribution >= 0.6 is 0 Å². The van der Waals surface area contributed by atoms with Crippen molar-refractivity contribution in [1.82, 2.24) is 4.98 Å². The third kappa shape index (κ3) is 5.14. The Hall–Kier alpha value is -3.21. The number of nitrogens with one attached hydrogen (secondary N) is 2. The van der Waals surface area contributed by atoms with Crippen LogP contribution in [0.4, 0.5) is 15.8 Å². The summed E-state index contributed by atoms with van der Waals surface area (Å²) in [5, 5.41) is 6.18. The Bertz CT molecular complexity index is 939. The first-order valence-electron chi connectivity index (χ1n) is 8.83. The van der Waals surface area contributed by atoms with Gasteiger partial charge in [0.15, 0.2) is 0 Å². The third-order valence-electron chi connectivity index (χ3n) is 4.29. The monoisotopic (exact) mass is 363 g/mol. The molecule has 1 heterocycles. The van der Waals surface area contributed by atoms with Crippen molar-refractivity contribution in [2.24, 2.45) is 0 Å². The summed E-state index contributed by atoms with van der Waals surface area (Å²) in [5.74, 6) is -0.435. The predicted molar refractivity (Wildman–Crippen MR) is 107 cm³/mol. The number of hydrogen-bond donors (Lipinski definition) is 2. The molecule has 138 valence electrons. The lowest BCUT2D eigenvalue weighted by Crippen LogP contribution is -2.14. The molecule has 2 N–H and O–H groups in total. The number of rotatable bonds is 6. The van der Waals surface area contributed by atoms with Crippen LogP contribution in [0.3, 0.4) is 0 Å². The van der Waals surface area contributed by atoms with Crippen LogP contribution in [0.25, 0.3) is 0 Å². The van der Waals surface area contributed by atoms with Crippen LogP contribution in [0.1, 0.15) is 27.0 Å². The van der Waals surface area contributed by atoms with Gasteiger partial charge in [0.25, 0.3) is 5.91 Å². The lowest BCUT2D eigenvalue weighted by Gasteiger charge is -2.11. The smallest absolute Gasteiger partial charge is 0.257 e. The van der Waals surface area contributed by atoms with Gasteiger partial charge in [0.05, 0.1) is 11.3 Å². The van der Waals surface area contributed by atoms with Crippen molar-refractivity contribution in [2.45, 2.75) is 20.3 Å². The van der Waals surface area contributed by atoms with E-state index in [1.807, 2.05) is 32.0 Å². The van der Waals surface area contributed by atoms with Crippen molar-refractivity contribution in [3.63, 3.8) is 0 Å².